The van der Waals surface area contributed by atoms with Crippen molar-refractivity contribution in [3.05, 3.63) is 66.9 Å². The van der Waals surface area contributed by atoms with E-state index in [9.17, 15) is 4.79 Å². The lowest BCUT2D eigenvalue weighted by atomic mass is 10.2. The summed E-state index contributed by atoms with van der Waals surface area (Å²) in [6.45, 7) is 0. The van der Waals surface area contributed by atoms with Crippen molar-refractivity contribution in [1.29, 1.82) is 0 Å². The molecule has 3 aromatic rings. The number of nitrogens with zero attached hydrogens (tertiary/aromatic N) is 1. The van der Waals surface area contributed by atoms with Gasteiger partial charge >= 0.3 is 6.03 Å². The Bertz CT molecular complexity index is 899. The van der Waals surface area contributed by atoms with Crippen molar-refractivity contribution in [3.63, 3.8) is 0 Å². The Labute approximate surface area is 157 Å². The predicted octanol–water partition coefficient (Wildman–Crippen LogP) is 4.49. The molecule has 7 heteroatoms. The van der Waals surface area contributed by atoms with Crippen LogP contribution in [-0.2, 0) is 0 Å². The van der Waals surface area contributed by atoms with E-state index < -0.39 is 0 Å². The Balaban J connectivity index is 1.64. The van der Waals surface area contributed by atoms with Gasteiger partial charge in [0.15, 0.2) is 0 Å². The zero-order chi connectivity index (χ0) is 19.1. The van der Waals surface area contributed by atoms with Crippen LogP contribution in [-0.4, -0.2) is 25.2 Å². The van der Waals surface area contributed by atoms with Gasteiger partial charge in [-0.3, -0.25) is 0 Å². The molecule has 0 atom stereocenters. The number of benzene rings is 2. The SMILES string of the molecule is COc1ccc(OC)c(Nc2ccc(NC(=O)Nc3ccccc3)cn2)c1. The molecule has 1 aromatic heterocycles. The fourth-order valence-corrected chi connectivity index (χ4v) is 2.41. The summed E-state index contributed by atoms with van der Waals surface area (Å²) < 4.78 is 10.6. The van der Waals surface area contributed by atoms with Crippen LogP contribution in [0.1, 0.15) is 0 Å². The highest BCUT2D eigenvalue weighted by Crippen LogP contribution is 2.31. The summed E-state index contributed by atoms with van der Waals surface area (Å²) in [6.07, 6.45) is 1.57. The number of hydrogen-bond donors (Lipinski definition) is 3. The normalized spacial score (nSPS) is 10.0. The lowest BCUT2D eigenvalue weighted by Gasteiger charge is -2.12. The molecular weight excluding hydrogens is 344 g/mol. The molecule has 3 N–H and O–H groups in total. The zero-order valence-corrected chi connectivity index (χ0v) is 15.0. The van der Waals surface area contributed by atoms with E-state index in [4.69, 9.17) is 9.47 Å². The summed E-state index contributed by atoms with van der Waals surface area (Å²) in [5.41, 5.74) is 2.02. The molecule has 3 rings (SSSR count). The molecule has 2 amide bonds. The van der Waals surface area contributed by atoms with Crippen LogP contribution >= 0.6 is 0 Å². The van der Waals surface area contributed by atoms with Crippen molar-refractivity contribution in [2.75, 3.05) is 30.2 Å². The number of para-hydroxylation sites is 1. The number of methoxy groups -OCH3 is 2. The quantitative estimate of drug-likeness (QED) is 0.600. The number of urea groups is 1. The van der Waals surface area contributed by atoms with Gasteiger partial charge in [0.2, 0.25) is 0 Å². The first-order valence-electron chi connectivity index (χ1n) is 8.26. The molecule has 7 nitrogen and oxygen atoms in total. The van der Waals surface area contributed by atoms with Gasteiger partial charge in [0, 0.05) is 11.8 Å². The van der Waals surface area contributed by atoms with E-state index in [1.165, 1.54) is 0 Å². The first-order chi connectivity index (χ1) is 13.2. The number of ether oxygens (including phenoxy) is 2. The first-order valence-corrected chi connectivity index (χ1v) is 8.26. The van der Waals surface area contributed by atoms with E-state index >= 15 is 0 Å². The van der Waals surface area contributed by atoms with Crippen molar-refractivity contribution in [1.82, 2.24) is 4.98 Å². The highest BCUT2D eigenvalue weighted by atomic mass is 16.5. The average Bonchev–Trinajstić information content (AvgIpc) is 2.70. The van der Waals surface area contributed by atoms with Gasteiger partial charge < -0.3 is 25.4 Å². The van der Waals surface area contributed by atoms with Gasteiger partial charge in [0.05, 0.1) is 31.8 Å². The van der Waals surface area contributed by atoms with E-state index in [2.05, 4.69) is 20.9 Å². The summed E-state index contributed by atoms with van der Waals surface area (Å²) >= 11 is 0. The number of nitrogens with one attached hydrogen (secondary N) is 3. The van der Waals surface area contributed by atoms with Crippen molar-refractivity contribution >= 4 is 28.9 Å². The van der Waals surface area contributed by atoms with Gasteiger partial charge in [-0.15, -0.1) is 0 Å². The Hall–Kier alpha value is -3.74. The van der Waals surface area contributed by atoms with E-state index in [0.717, 1.165) is 5.69 Å². The topological polar surface area (TPSA) is 84.5 Å². The molecule has 0 saturated carbocycles. The van der Waals surface area contributed by atoms with E-state index in [1.54, 1.807) is 32.5 Å². The van der Waals surface area contributed by atoms with Crippen molar-refractivity contribution < 1.29 is 14.3 Å². The maximum atomic E-state index is 12.0. The zero-order valence-electron chi connectivity index (χ0n) is 15.0. The summed E-state index contributed by atoms with van der Waals surface area (Å²) in [5, 5.41) is 8.66. The van der Waals surface area contributed by atoms with Crippen LogP contribution < -0.4 is 25.4 Å². The molecule has 2 aromatic carbocycles. The summed E-state index contributed by atoms with van der Waals surface area (Å²) in [5.74, 6) is 1.98. The second kappa shape index (κ2) is 8.57. The van der Waals surface area contributed by atoms with Crippen molar-refractivity contribution in [2.24, 2.45) is 0 Å². The lowest BCUT2D eigenvalue weighted by Crippen LogP contribution is -2.19. The molecule has 138 valence electrons. The Kier molecular flexibility index (Phi) is 5.73. The highest BCUT2D eigenvalue weighted by molar-refractivity contribution is 5.99. The number of anilines is 4. The minimum absolute atomic E-state index is 0.335. The molecule has 0 aliphatic rings. The van der Waals surface area contributed by atoms with Gasteiger partial charge in [0.1, 0.15) is 17.3 Å². The summed E-state index contributed by atoms with van der Waals surface area (Å²) in [6, 6.07) is 17.8. The minimum atomic E-state index is -0.335. The number of carbonyl (C=O) groups is 1. The third-order valence-electron chi connectivity index (χ3n) is 3.72. The predicted molar refractivity (Wildman–Crippen MR) is 106 cm³/mol. The fraction of sp³-hybridized carbons (Fsp3) is 0.100. The molecule has 0 saturated heterocycles. The van der Waals surface area contributed by atoms with Crippen molar-refractivity contribution in [3.8, 4) is 11.5 Å². The standard InChI is InChI=1S/C20H20N4O3/c1-26-16-9-10-18(27-2)17(12-16)24-19-11-8-15(13-21-19)23-20(25)22-14-6-4-3-5-7-14/h3-13H,1-2H3,(H,21,24)(H2,22,23,25). The van der Waals surface area contributed by atoms with Crippen LogP contribution in [0.5, 0.6) is 11.5 Å². The summed E-state index contributed by atoms with van der Waals surface area (Å²) in [7, 11) is 3.20. The molecule has 0 spiro atoms. The highest BCUT2D eigenvalue weighted by Gasteiger charge is 2.07. The number of amides is 2. The Morgan fingerprint density at radius 3 is 2.33 bits per heavy atom. The monoisotopic (exact) mass is 364 g/mol. The van der Waals surface area contributed by atoms with Gasteiger partial charge in [-0.05, 0) is 36.4 Å². The maximum Gasteiger partial charge on any atom is 0.323 e. The Morgan fingerprint density at radius 1 is 0.889 bits per heavy atom. The molecule has 0 radical (unpaired) electrons. The van der Waals surface area contributed by atoms with Gasteiger partial charge in [-0.1, -0.05) is 18.2 Å². The van der Waals surface area contributed by atoms with Crippen LogP contribution in [0.2, 0.25) is 0 Å². The smallest absolute Gasteiger partial charge is 0.323 e. The summed E-state index contributed by atoms with van der Waals surface area (Å²) in [4.78, 5) is 16.3. The van der Waals surface area contributed by atoms with E-state index in [-0.39, 0.29) is 6.03 Å². The number of hydrogen-bond acceptors (Lipinski definition) is 5. The molecule has 0 fully saturated rings. The largest absolute Gasteiger partial charge is 0.497 e. The molecule has 0 unspecified atom stereocenters. The maximum absolute atomic E-state index is 12.0. The van der Waals surface area contributed by atoms with Crippen molar-refractivity contribution in [2.45, 2.75) is 0 Å². The van der Waals surface area contributed by atoms with Crippen LogP contribution in [0, 0.1) is 0 Å². The van der Waals surface area contributed by atoms with Gasteiger partial charge in [0.25, 0.3) is 0 Å². The van der Waals surface area contributed by atoms with Gasteiger partial charge in [-0.25, -0.2) is 9.78 Å². The lowest BCUT2D eigenvalue weighted by molar-refractivity contribution is 0.262. The van der Waals surface area contributed by atoms with Crippen LogP contribution in [0.4, 0.5) is 27.7 Å². The van der Waals surface area contributed by atoms with E-state index in [0.29, 0.717) is 28.7 Å². The third kappa shape index (κ3) is 4.88. The van der Waals surface area contributed by atoms with Crippen LogP contribution in [0.3, 0.4) is 0 Å². The molecule has 0 aliphatic carbocycles. The molecule has 0 aliphatic heterocycles. The fourth-order valence-electron chi connectivity index (χ4n) is 2.41. The molecule has 27 heavy (non-hydrogen) atoms. The molecule has 1 heterocycles. The third-order valence-corrected chi connectivity index (χ3v) is 3.72. The Morgan fingerprint density at radius 2 is 1.67 bits per heavy atom. The average molecular weight is 364 g/mol. The van der Waals surface area contributed by atoms with Crippen LogP contribution in [0.25, 0.3) is 0 Å². The molecular formula is C20H20N4O3. The minimum Gasteiger partial charge on any atom is -0.497 e. The number of aromatic nitrogens is 1. The second-order valence-corrected chi connectivity index (χ2v) is 5.57. The van der Waals surface area contributed by atoms with Crippen LogP contribution in [0.15, 0.2) is 66.9 Å². The number of carbonyl (C=O) groups excluding carboxylic acids is 1. The molecule has 0 bridgehead atoms. The first kappa shape index (κ1) is 18.1. The number of pyridine rings is 1. The van der Waals surface area contributed by atoms with Gasteiger partial charge in [-0.2, -0.15) is 0 Å². The van der Waals surface area contributed by atoms with E-state index in [1.807, 2.05) is 48.5 Å². The number of rotatable bonds is 6. The second-order valence-electron chi connectivity index (χ2n) is 5.57.